The topological polar surface area (TPSA) is 335 Å². The fourth-order valence-corrected chi connectivity index (χ4v) is 7.72. The number of benzene rings is 4. The van der Waals surface area contributed by atoms with Crippen LogP contribution in [-0.2, 0) is 54.5 Å². The van der Waals surface area contributed by atoms with E-state index in [4.69, 9.17) is 22.9 Å². The molecule has 69 heavy (non-hydrogen) atoms. The average molecular weight is 946 g/mol. The summed E-state index contributed by atoms with van der Waals surface area (Å²) in [5, 5.41) is 34.4. The van der Waals surface area contributed by atoms with Gasteiger partial charge in [0.1, 0.15) is 36.0 Å². The molecule has 0 saturated carbocycles. The number of nitrogens with one attached hydrogen (secondary N) is 6. The highest BCUT2D eigenvalue weighted by Gasteiger charge is 2.33. The van der Waals surface area contributed by atoms with Crippen molar-refractivity contribution < 1.29 is 39.0 Å². The number of fused-ring (bicyclic) bond motifs is 1. The zero-order chi connectivity index (χ0) is 49.7. The number of unbranched alkanes of at least 4 members (excludes halogenated alkanes) is 1. The number of para-hydroxylation sites is 1. The monoisotopic (exact) mass is 945 g/mol. The summed E-state index contributed by atoms with van der Waals surface area (Å²) in [6, 6.07) is 23.8. The molecule has 0 saturated heterocycles. The molecule has 0 aliphatic rings. The number of hydrogen-bond donors (Lipinski definition) is 12. The lowest BCUT2D eigenvalue weighted by Gasteiger charge is -2.27. The van der Waals surface area contributed by atoms with Gasteiger partial charge in [-0.15, -0.1) is 0 Å². The molecule has 5 rings (SSSR count). The van der Waals surface area contributed by atoms with Crippen LogP contribution in [0, 0.1) is 0 Å². The van der Waals surface area contributed by atoms with Gasteiger partial charge in [0.05, 0.1) is 6.04 Å². The summed E-state index contributed by atoms with van der Waals surface area (Å²) in [5.41, 5.74) is 26.6. The highest BCUT2D eigenvalue weighted by Crippen LogP contribution is 2.20. The summed E-state index contributed by atoms with van der Waals surface area (Å²) in [5.74, 6) is -5.00. The molecule has 0 aliphatic heterocycles. The van der Waals surface area contributed by atoms with E-state index in [1.165, 1.54) is 12.1 Å². The van der Waals surface area contributed by atoms with E-state index in [0.29, 0.717) is 41.6 Å². The predicted octanol–water partition coefficient (Wildman–Crippen LogP) is 1.16. The lowest BCUT2D eigenvalue weighted by Crippen LogP contribution is -2.60. The van der Waals surface area contributed by atoms with Gasteiger partial charge in [0.15, 0.2) is 5.96 Å². The second-order valence-electron chi connectivity index (χ2n) is 16.8. The normalized spacial score (nSPS) is 13.7. The van der Waals surface area contributed by atoms with Crippen LogP contribution in [0.2, 0.25) is 0 Å². The third-order valence-corrected chi connectivity index (χ3v) is 11.4. The number of aromatic hydroxyl groups is 1. The highest BCUT2D eigenvalue weighted by atomic mass is 16.4. The minimum atomic E-state index is -1.37. The van der Waals surface area contributed by atoms with Crippen molar-refractivity contribution in [2.45, 2.75) is 94.0 Å². The molecule has 0 radical (unpaired) electrons. The van der Waals surface area contributed by atoms with Gasteiger partial charge in [-0.1, -0.05) is 91.0 Å². The van der Waals surface area contributed by atoms with Crippen molar-refractivity contribution >= 4 is 52.4 Å². The van der Waals surface area contributed by atoms with Crippen molar-refractivity contribution in [2.75, 3.05) is 13.1 Å². The molecule has 19 heteroatoms. The Morgan fingerprint density at radius 3 is 1.58 bits per heavy atom. The van der Waals surface area contributed by atoms with E-state index in [1.807, 2.05) is 24.3 Å². The highest BCUT2D eigenvalue weighted by molar-refractivity contribution is 5.97. The minimum Gasteiger partial charge on any atom is -0.508 e. The summed E-state index contributed by atoms with van der Waals surface area (Å²) in [4.78, 5) is 90.4. The van der Waals surface area contributed by atoms with E-state index in [-0.39, 0.29) is 63.2 Å². The number of rotatable bonds is 27. The number of carbonyl (C=O) groups is 6. The maximum Gasteiger partial charge on any atom is 0.326 e. The van der Waals surface area contributed by atoms with Crippen molar-refractivity contribution in [3.63, 3.8) is 0 Å². The van der Waals surface area contributed by atoms with Gasteiger partial charge in [-0.2, -0.15) is 0 Å². The molecule has 16 N–H and O–H groups in total. The van der Waals surface area contributed by atoms with Gasteiger partial charge in [-0.25, -0.2) is 4.79 Å². The number of aromatic nitrogens is 1. The third kappa shape index (κ3) is 16.8. The number of phenolic OH excluding ortho intramolecular Hbond substituents is 1. The minimum absolute atomic E-state index is 0.0172. The summed E-state index contributed by atoms with van der Waals surface area (Å²) in [7, 11) is 0. The molecule has 0 fully saturated rings. The van der Waals surface area contributed by atoms with Gasteiger partial charge in [0.2, 0.25) is 29.5 Å². The SMILES string of the molecule is NCCCC[C@H](NC(=O)[C@@H](N)Cc1ccc(O)cc1)C(=O)N[C@@H](Cc1ccccc1)C(=O)N[C@@H](CCCN=C(N)N)C(=O)N[C@@H](Cc1ccccc1)C(=O)N[C@@H](Cc1c[nH]c2ccccc12)C(=O)O. The van der Waals surface area contributed by atoms with Crippen LogP contribution in [0.15, 0.2) is 120 Å². The number of nitrogens with zero attached hydrogens (tertiary/aromatic N) is 1. The van der Waals surface area contributed by atoms with Crippen LogP contribution in [-0.4, -0.2) is 106 Å². The maximum atomic E-state index is 14.5. The van der Waals surface area contributed by atoms with Gasteiger partial charge in [0.25, 0.3) is 0 Å². The Bertz CT molecular complexity index is 2500. The van der Waals surface area contributed by atoms with Crippen LogP contribution in [0.25, 0.3) is 10.9 Å². The van der Waals surface area contributed by atoms with Crippen LogP contribution in [0.5, 0.6) is 5.75 Å². The molecule has 6 atom stereocenters. The van der Waals surface area contributed by atoms with E-state index >= 15 is 0 Å². The number of aliphatic imine (C=N–C) groups is 1. The standard InChI is InChI=1S/C50H63N11O8/c51-24-10-9-18-39(57-44(63)37(52)26-33-20-22-35(62)23-21-33)45(64)59-41(27-31-12-3-1-4-13-31)47(66)58-40(19-11-25-55-50(53)54)46(65)60-42(28-32-14-5-2-6-15-32)48(67)61-43(49(68)69)29-34-30-56-38-17-8-7-16-36(34)38/h1-8,12-17,20-23,30,37,39-43,56,62H,9-11,18-19,24-29,51-52H2,(H,57,63)(H,58,66)(H,59,64)(H,60,65)(H,61,67)(H,68,69)(H4,53,54,55)/t37-,39-,40-,41-,42-,43-/m0/s1. The first-order chi connectivity index (χ1) is 33.2. The van der Waals surface area contributed by atoms with Gasteiger partial charge < -0.3 is 64.7 Å². The number of hydrogen-bond acceptors (Lipinski definition) is 10. The number of guanidine groups is 1. The van der Waals surface area contributed by atoms with Gasteiger partial charge in [0, 0.05) is 42.9 Å². The van der Waals surface area contributed by atoms with Crippen molar-refractivity contribution in [2.24, 2.45) is 27.9 Å². The Hall–Kier alpha value is -7.77. The number of amides is 5. The summed E-state index contributed by atoms with van der Waals surface area (Å²) in [6.07, 6.45) is 3.07. The molecule has 4 aromatic carbocycles. The lowest BCUT2D eigenvalue weighted by atomic mass is 10.0. The largest absolute Gasteiger partial charge is 0.508 e. The fourth-order valence-electron chi connectivity index (χ4n) is 7.72. The van der Waals surface area contributed by atoms with Crippen molar-refractivity contribution in [3.8, 4) is 5.75 Å². The van der Waals surface area contributed by atoms with E-state index in [9.17, 15) is 39.0 Å². The maximum absolute atomic E-state index is 14.5. The number of phenols is 1. The molecule has 1 aromatic heterocycles. The summed E-state index contributed by atoms with van der Waals surface area (Å²) < 4.78 is 0. The molecule has 5 amide bonds. The molecular weight excluding hydrogens is 883 g/mol. The molecule has 366 valence electrons. The number of nitrogens with two attached hydrogens (primary N) is 4. The van der Waals surface area contributed by atoms with Crippen LogP contribution < -0.4 is 49.5 Å². The fraction of sp³-hybridized carbons (Fsp3) is 0.340. The molecule has 1 heterocycles. The summed E-state index contributed by atoms with van der Waals surface area (Å²) >= 11 is 0. The van der Waals surface area contributed by atoms with Gasteiger partial charge >= 0.3 is 5.97 Å². The van der Waals surface area contributed by atoms with Gasteiger partial charge in [-0.05, 0) is 85.5 Å². The number of carbonyl (C=O) groups excluding carboxylic acids is 5. The zero-order valence-corrected chi connectivity index (χ0v) is 38.3. The van der Waals surface area contributed by atoms with Crippen molar-refractivity contribution in [1.82, 2.24) is 31.6 Å². The second kappa shape index (κ2) is 26.5. The number of H-pyrrole nitrogens is 1. The molecular formula is C50H63N11O8. The Balaban J connectivity index is 1.38. The van der Waals surface area contributed by atoms with Crippen molar-refractivity contribution in [3.05, 3.63) is 138 Å². The first-order valence-corrected chi connectivity index (χ1v) is 22.9. The molecule has 0 unspecified atom stereocenters. The van der Waals surface area contributed by atoms with Crippen LogP contribution in [0.4, 0.5) is 0 Å². The Kier molecular flexibility index (Phi) is 20.1. The molecule has 5 aromatic rings. The van der Waals surface area contributed by atoms with E-state index in [0.717, 1.165) is 10.9 Å². The number of carboxylic acids is 1. The van der Waals surface area contributed by atoms with Crippen molar-refractivity contribution in [1.29, 1.82) is 0 Å². The van der Waals surface area contributed by atoms with Crippen LogP contribution in [0.3, 0.4) is 0 Å². The molecule has 0 spiro atoms. The van der Waals surface area contributed by atoms with Gasteiger partial charge in [-0.3, -0.25) is 29.0 Å². The Morgan fingerprint density at radius 1 is 0.551 bits per heavy atom. The molecule has 0 bridgehead atoms. The van der Waals surface area contributed by atoms with E-state index < -0.39 is 71.8 Å². The number of aromatic amines is 1. The Morgan fingerprint density at radius 2 is 1.03 bits per heavy atom. The third-order valence-electron chi connectivity index (χ3n) is 11.4. The van der Waals surface area contributed by atoms with E-state index in [1.54, 1.807) is 79.0 Å². The molecule has 0 aliphatic carbocycles. The predicted molar refractivity (Wildman–Crippen MR) is 262 cm³/mol. The second-order valence-corrected chi connectivity index (χ2v) is 16.8. The first kappa shape index (κ1) is 52.2. The Labute approximate surface area is 400 Å². The van der Waals surface area contributed by atoms with Crippen LogP contribution in [0.1, 0.15) is 54.4 Å². The lowest BCUT2D eigenvalue weighted by molar-refractivity contribution is -0.142. The first-order valence-electron chi connectivity index (χ1n) is 22.9. The molecule has 19 nitrogen and oxygen atoms in total. The number of carboxylic acid groups (broad SMARTS) is 1. The smallest absolute Gasteiger partial charge is 0.326 e. The number of aliphatic carboxylic acids is 1. The quantitative estimate of drug-likeness (QED) is 0.0201. The summed E-state index contributed by atoms with van der Waals surface area (Å²) in [6.45, 7) is 0.431. The zero-order valence-electron chi connectivity index (χ0n) is 38.3. The average Bonchev–Trinajstić information content (AvgIpc) is 3.75. The van der Waals surface area contributed by atoms with E-state index in [2.05, 4.69) is 36.6 Å². The van der Waals surface area contributed by atoms with Crippen LogP contribution >= 0.6 is 0 Å².